The van der Waals surface area contributed by atoms with E-state index in [2.05, 4.69) is 10.6 Å². The Kier molecular flexibility index (Phi) is 1.66. The van der Waals surface area contributed by atoms with E-state index in [1.54, 1.807) is 0 Å². The maximum absolute atomic E-state index is 3.49. The van der Waals surface area contributed by atoms with Crippen LogP contribution in [0.1, 0.15) is 19.3 Å². The number of piperidine rings is 1. The third kappa shape index (κ3) is 0.956. The molecule has 0 aromatic heterocycles. The summed E-state index contributed by atoms with van der Waals surface area (Å²) in [4.78, 5) is 0. The first-order valence-corrected chi connectivity index (χ1v) is 4.31. The molecule has 2 heteroatoms. The molecule has 1 aliphatic carbocycles. The van der Waals surface area contributed by atoms with Gasteiger partial charge in [0.2, 0.25) is 0 Å². The summed E-state index contributed by atoms with van der Waals surface area (Å²) in [7, 11) is 2.04. The first-order chi connectivity index (χ1) is 4.90. The van der Waals surface area contributed by atoms with Crippen molar-refractivity contribution in [1.82, 2.24) is 10.6 Å². The van der Waals surface area contributed by atoms with Crippen LogP contribution < -0.4 is 10.6 Å². The van der Waals surface area contributed by atoms with Gasteiger partial charge in [0, 0.05) is 0 Å². The lowest BCUT2D eigenvalue weighted by atomic mass is 9.69. The van der Waals surface area contributed by atoms with Crippen molar-refractivity contribution in [3.05, 3.63) is 0 Å². The Morgan fingerprint density at radius 1 is 1.30 bits per heavy atom. The Hall–Kier alpha value is -0.0800. The van der Waals surface area contributed by atoms with Gasteiger partial charge in [-0.15, -0.1) is 0 Å². The summed E-state index contributed by atoms with van der Waals surface area (Å²) in [5, 5.41) is 6.77. The highest BCUT2D eigenvalue weighted by Gasteiger charge is 2.35. The standard InChI is InChI=1S/C8H16N2/c1-9-8-4-6-2-3-7(6)5-10-8/h6-10H,2-5H2,1H3. The molecule has 1 saturated carbocycles. The zero-order chi connectivity index (χ0) is 6.97. The van der Waals surface area contributed by atoms with Crippen LogP contribution in [-0.2, 0) is 0 Å². The van der Waals surface area contributed by atoms with Crippen LogP contribution in [0, 0.1) is 11.8 Å². The minimum atomic E-state index is 0.599. The molecule has 0 bridgehead atoms. The Morgan fingerprint density at radius 2 is 2.10 bits per heavy atom. The molecule has 2 nitrogen and oxygen atoms in total. The predicted octanol–water partition coefficient (Wildman–Crippen LogP) is 0.551. The Balaban J connectivity index is 1.86. The number of hydrogen-bond acceptors (Lipinski definition) is 2. The summed E-state index contributed by atoms with van der Waals surface area (Å²) < 4.78 is 0. The smallest absolute Gasteiger partial charge is 0.0572 e. The summed E-state index contributed by atoms with van der Waals surface area (Å²) >= 11 is 0. The van der Waals surface area contributed by atoms with Crippen molar-refractivity contribution in [3.8, 4) is 0 Å². The molecule has 2 rings (SSSR count). The molecule has 1 saturated heterocycles. The molecule has 3 atom stereocenters. The lowest BCUT2D eigenvalue weighted by Crippen LogP contribution is -2.53. The summed E-state index contributed by atoms with van der Waals surface area (Å²) in [5.74, 6) is 2.06. The quantitative estimate of drug-likeness (QED) is 0.556. The van der Waals surface area contributed by atoms with Crippen LogP contribution >= 0.6 is 0 Å². The third-order valence-electron chi connectivity index (χ3n) is 3.09. The Bertz CT molecular complexity index is 122. The van der Waals surface area contributed by atoms with Gasteiger partial charge in [-0.05, 0) is 44.7 Å². The number of nitrogens with one attached hydrogen (secondary N) is 2. The van der Waals surface area contributed by atoms with E-state index >= 15 is 0 Å². The molecule has 1 aliphatic heterocycles. The maximum atomic E-state index is 3.49. The average Bonchev–Trinajstić information content (AvgIpc) is 1.92. The normalized spacial score (nSPS) is 45.9. The fraction of sp³-hybridized carbons (Fsp3) is 1.00. The van der Waals surface area contributed by atoms with E-state index in [0.717, 1.165) is 11.8 Å². The molecular formula is C8H16N2. The maximum Gasteiger partial charge on any atom is 0.0572 e. The van der Waals surface area contributed by atoms with E-state index in [0.29, 0.717) is 6.17 Å². The molecule has 3 unspecified atom stereocenters. The minimum absolute atomic E-state index is 0.599. The van der Waals surface area contributed by atoms with Crippen LogP contribution in [0.15, 0.2) is 0 Å². The van der Waals surface area contributed by atoms with Gasteiger partial charge in [0.25, 0.3) is 0 Å². The van der Waals surface area contributed by atoms with E-state index in [9.17, 15) is 0 Å². The van der Waals surface area contributed by atoms with Crippen LogP contribution in [0.5, 0.6) is 0 Å². The van der Waals surface area contributed by atoms with Crippen molar-refractivity contribution >= 4 is 0 Å². The van der Waals surface area contributed by atoms with Gasteiger partial charge in [0.1, 0.15) is 0 Å². The molecule has 2 aliphatic rings. The van der Waals surface area contributed by atoms with E-state index in [1.807, 2.05) is 7.05 Å². The topological polar surface area (TPSA) is 24.1 Å². The monoisotopic (exact) mass is 140 g/mol. The molecule has 0 aromatic rings. The average molecular weight is 140 g/mol. The lowest BCUT2D eigenvalue weighted by Gasteiger charge is -2.44. The van der Waals surface area contributed by atoms with Crippen molar-refractivity contribution < 1.29 is 0 Å². The van der Waals surface area contributed by atoms with Crippen molar-refractivity contribution in [3.63, 3.8) is 0 Å². The predicted molar refractivity (Wildman–Crippen MR) is 41.7 cm³/mol. The van der Waals surface area contributed by atoms with Gasteiger partial charge in [0.15, 0.2) is 0 Å². The molecular weight excluding hydrogens is 124 g/mol. The van der Waals surface area contributed by atoms with Gasteiger partial charge in [-0.3, -0.25) is 0 Å². The fourth-order valence-corrected chi connectivity index (χ4v) is 2.12. The van der Waals surface area contributed by atoms with Gasteiger partial charge < -0.3 is 10.6 Å². The zero-order valence-electron chi connectivity index (χ0n) is 6.56. The molecule has 0 radical (unpaired) electrons. The molecule has 2 fully saturated rings. The van der Waals surface area contributed by atoms with E-state index < -0.39 is 0 Å². The fourth-order valence-electron chi connectivity index (χ4n) is 2.12. The molecule has 0 aromatic carbocycles. The largest absolute Gasteiger partial charge is 0.305 e. The first kappa shape index (κ1) is 6.62. The third-order valence-corrected chi connectivity index (χ3v) is 3.09. The van der Waals surface area contributed by atoms with Gasteiger partial charge in [-0.1, -0.05) is 0 Å². The highest BCUT2D eigenvalue weighted by Crippen LogP contribution is 2.38. The Labute approximate surface area is 62.4 Å². The van der Waals surface area contributed by atoms with Crippen LogP contribution in [-0.4, -0.2) is 19.8 Å². The van der Waals surface area contributed by atoms with E-state index in [1.165, 1.54) is 25.8 Å². The van der Waals surface area contributed by atoms with Gasteiger partial charge in [-0.25, -0.2) is 0 Å². The number of fused-ring (bicyclic) bond motifs is 1. The molecule has 1 heterocycles. The molecule has 58 valence electrons. The van der Waals surface area contributed by atoms with E-state index in [4.69, 9.17) is 0 Å². The summed E-state index contributed by atoms with van der Waals surface area (Å²) in [6.07, 6.45) is 4.89. The summed E-state index contributed by atoms with van der Waals surface area (Å²) in [5.41, 5.74) is 0. The first-order valence-electron chi connectivity index (χ1n) is 4.31. The second-order valence-electron chi connectivity index (χ2n) is 3.58. The summed E-state index contributed by atoms with van der Waals surface area (Å²) in [6.45, 7) is 1.25. The molecule has 10 heavy (non-hydrogen) atoms. The molecule has 0 amide bonds. The van der Waals surface area contributed by atoms with Crippen molar-refractivity contribution in [2.24, 2.45) is 11.8 Å². The SMILES string of the molecule is CNC1CC2CCC2CN1. The van der Waals surface area contributed by atoms with Crippen LogP contribution in [0.25, 0.3) is 0 Å². The lowest BCUT2D eigenvalue weighted by molar-refractivity contribution is 0.0948. The number of hydrogen-bond donors (Lipinski definition) is 2. The highest BCUT2D eigenvalue weighted by molar-refractivity contribution is 4.89. The minimum Gasteiger partial charge on any atom is -0.305 e. The zero-order valence-corrected chi connectivity index (χ0v) is 6.56. The number of rotatable bonds is 1. The molecule has 2 N–H and O–H groups in total. The second kappa shape index (κ2) is 2.51. The highest BCUT2D eigenvalue weighted by atomic mass is 15.1. The van der Waals surface area contributed by atoms with Crippen LogP contribution in [0.4, 0.5) is 0 Å². The van der Waals surface area contributed by atoms with Crippen molar-refractivity contribution in [2.75, 3.05) is 13.6 Å². The Morgan fingerprint density at radius 3 is 2.60 bits per heavy atom. The van der Waals surface area contributed by atoms with Gasteiger partial charge in [-0.2, -0.15) is 0 Å². The van der Waals surface area contributed by atoms with Crippen LogP contribution in [0.2, 0.25) is 0 Å². The second-order valence-corrected chi connectivity index (χ2v) is 3.58. The van der Waals surface area contributed by atoms with Crippen molar-refractivity contribution in [2.45, 2.75) is 25.4 Å². The van der Waals surface area contributed by atoms with Crippen molar-refractivity contribution in [1.29, 1.82) is 0 Å². The molecule has 0 spiro atoms. The summed E-state index contributed by atoms with van der Waals surface area (Å²) in [6, 6.07) is 0. The van der Waals surface area contributed by atoms with Gasteiger partial charge >= 0.3 is 0 Å². The van der Waals surface area contributed by atoms with Gasteiger partial charge in [0.05, 0.1) is 6.17 Å². The van der Waals surface area contributed by atoms with E-state index in [-0.39, 0.29) is 0 Å². The van der Waals surface area contributed by atoms with Crippen LogP contribution in [0.3, 0.4) is 0 Å².